The molecule has 0 amide bonds. The van der Waals surface area contributed by atoms with E-state index in [9.17, 15) is 4.79 Å². The van der Waals surface area contributed by atoms with Gasteiger partial charge in [0.1, 0.15) is 0 Å². The van der Waals surface area contributed by atoms with Crippen LogP contribution in [-0.2, 0) is 4.79 Å². The molecule has 0 fully saturated rings. The van der Waals surface area contributed by atoms with Crippen molar-refractivity contribution in [1.82, 2.24) is 0 Å². The van der Waals surface area contributed by atoms with Crippen molar-refractivity contribution in [3.05, 3.63) is 60.8 Å². The molecule has 0 aliphatic heterocycles. The number of aliphatic carboxylic acids is 1. The Kier molecular flexibility index (Phi) is 9.11. The van der Waals surface area contributed by atoms with Gasteiger partial charge in [-0.1, -0.05) is 67.6 Å². The summed E-state index contributed by atoms with van der Waals surface area (Å²) in [6, 6.07) is 0. The predicted molar refractivity (Wildman–Crippen MR) is 91.3 cm³/mol. The van der Waals surface area contributed by atoms with E-state index in [0.717, 1.165) is 25.3 Å². The van der Waals surface area contributed by atoms with Gasteiger partial charge in [0.05, 0.1) is 0 Å². The molecular formula is C19H28O2. The fraction of sp³-hybridized carbons (Fsp3) is 0.421. The number of carbonyl (C=O) groups is 1. The highest BCUT2D eigenvalue weighted by molar-refractivity contribution is 5.66. The van der Waals surface area contributed by atoms with Crippen LogP contribution in [0.5, 0.6) is 0 Å². The van der Waals surface area contributed by atoms with E-state index in [-0.39, 0.29) is 6.42 Å². The third-order valence-electron chi connectivity index (χ3n) is 2.48. The van der Waals surface area contributed by atoms with E-state index in [0.29, 0.717) is 12.8 Å². The largest absolute Gasteiger partial charge is 0.481 e. The number of rotatable bonds is 12. The zero-order valence-corrected chi connectivity index (χ0v) is 12.4. The van der Waals surface area contributed by atoms with E-state index in [1.165, 1.54) is 6.08 Å². The second-order valence-corrected chi connectivity index (χ2v) is 4.31. The number of hydrogen-bond donors (Lipinski definition) is 1. The molecule has 2 nitrogen and oxygen atoms in total. The summed E-state index contributed by atoms with van der Waals surface area (Å²) in [6.07, 6.45) is 19.7. The molecule has 0 spiro atoms. The standard InChI is InChI=1S/C19H28O2/c1-2-3-4-5-6-7-8-9-10-11-12-13-14-15-16-17-18-19(20)21/h3-4,6-7,9-10,12-13,15-16H,2,5,8,11,14,17-18H2,1H3,(H,20,21)/b4-3-,7-6-,10-9-,13-12-,16-15-/i1D3,2D2. The molecule has 0 saturated carbocycles. The summed E-state index contributed by atoms with van der Waals surface area (Å²) in [7, 11) is 0. The van der Waals surface area contributed by atoms with Gasteiger partial charge in [-0.25, -0.2) is 0 Å². The van der Waals surface area contributed by atoms with Crippen LogP contribution in [0.3, 0.4) is 0 Å². The van der Waals surface area contributed by atoms with Gasteiger partial charge in [-0.05, 0) is 38.5 Å². The molecular weight excluding hydrogens is 260 g/mol. The third-order valence-corrected chi connectivity index (χ3v) is 2.48. The SMILES string of the molecule is [2H]C([2H])([2H])C([2H])([2H])/C=C\C/C=C\C/C=C\C/C=C\C/C=C\CCC(=O)O. The van der Waals surface area contributed by atoms with Crippen molar-refractivity contribution in [3.8, 4) is 0 Å². The summed E-state index contributed by atoms with van der Waals surface area (Å²) in [5.41, 5.74) is 0. The zero-order valence-electron chi connectivity index (χ0n) is 17.4. The number of carboxylic acids is 1. The molecule has 0 unspecified atom stereocenters. The average molecular weight is 293 g/mol. The molecule has 0 heterocycles. The summed E-state index contributed by atoms with van der Waals surface area (Å²) in [5.74, 6) is -0.781. The Balaban J connectivity index is 3.80. The summed E-state index contributed by atoms with van der Waals surface area (Å²) in [5, 5.41) is 8.48. The molecule has 0 aliphatic carbocycles. The van der Waals surface area contributed by atoms with E-state index in [4.69, 9.17) is 12.0 Å². The fourth-order valence-electron chi connectivity index (χ4n) is 1.44. The van der Waals surface area contributed by atoms with Crippen molar-refractivity contribution in [2.45, 2.75) is 51.7 Å². The molecule has 0 saturated heterocycles. The van der Waals surface area contributed by atoms with Crippen LogP contribution in [0, 0.1) is 0 Å². The van der Waals surface area contributed by atoms with E-state index < -0.39 is 19.2 Å². The maximum absolute atomic E-state index is 10.3. The van der Waals surface area contributed by atoms with Gasteiger partial charge in [0.25, 0.3) is 0 Å². The topological polar surface area (TPSA) is 37.3 Å². The van der Waals surface area contributed by atoms with Gasteiger partial charge in [0.2, 0.25) is 0 Å². The minimum atomic E-state index is -2.64. The van der Waals surface area contributed by atoms with Crippen molar-refractivity contribution >= 4 is 5.97 Å². The number of carboxylic acid groups (broad SMARTS) is 1. The Labute approximate surface area is 136 Å². The average Bonchev–Trinajstić information content (AvgIpc) is 2.53. The van der Waals surface area contributed by atoms with E-state index in [1.807, 2.05) is 48.6 Å². The van der Waals surface area contributed by atoms with Gasteiger partial charge in [-0.3, -0.25) is 4.79 Å². The molecule has 116 valence electrons. The van der Waals surface area contributed by atoms with Crippen LogP contribution in [-0.4, -0.2) is 11.1 Å². The van der Waals surface area contributed by atoms with Gasteiger partial charge in [-0.15, -0.1) is 0 Å². The molecule has 2 heteroatoms. The van der Waals surface area contributed by atoms with Gasteiger partial charge < -0.3 is 5.11 Å². The Morgan fingerprint density at radius 1 is 0.857 bits per heavy atom. The molecule has 21 heavy (non-hydrogen) atoms. The lowest BCUT2D eigenvalue weighted by molar-refractivity contribution is -0.136. The second kappa shape index (κ2) is 16.2. The lowest BCUT2D eigenvalue weighted by Gasteiger charge is -1.87. The van der Waals surface area contributed by atoms with Crippen LogP contribution < -0.4 is 0 Å². The Bertz CT molecular complexity index is 541. The summed E-state index contributed by atoms with van der Waals surface area (Å²) >= 11 is 0. The van der Waals surface area contributed by atoms with E-state index in [1.54, 1.807) is 0 Å². The van der Waals surface area contributed by atoms with Gasteiger partial charge in [0.15, 0.2) is 0 Å². The normalized spacial score (nSPS) is 17.6. The summed E-state index contributed by atoms with van der Waals surface area (Å²) in [4.78, 5) is 10.3. The van der Waals surface area contributed by atoms with Gasteiger partial charge >= 0.3 is 5.97 Å². The molecule has 0 bridgehead atoms. The first-order chi connectivity index (χ1) is 12.2. The minimum Gasteiger partial charge on any atom is -0.481 e. The molecule has 0 atom stereocenters. The molecule has 0 rings (SSSR count). The highest BCUT2D eigenvalue weighted by Crippen LogP contribution is 1.97. The van der Waals surface area contributed by atoms with Crippen LogP contribution >= 0.6 is 0 Å². The molecule has 0 radical (unpaired) electrons. The minimum absolute atomic E-state index is 0.165. The van der Waals surface area contributed by atoms with Crippen LogP contribution in [0.1, 0.15) is 58.6 Å². The first-order valence-electron chi connectivity index (χ1n) is 9.66. The highest BCUT2D eigenvalue weighted by atomic mass is 16.4. The van der Waals surface area contributed by atoms with Crippen LogP contribution in [0.4, 0.5) is 0 Å². The lowest BCUT2D eigenvalue weighted by Crippen LogP contribution is -1.91. The Hall–Kier alpha value is -1.83. The number of allylic oxidation sites excluding steroid dienone is 10. The maximum Gasteiger partial charge on any atom is 0.303 e. The lowest BCUT2D eigenvalue weighted by atomic mass is 10.2. The first-order valence-corrected chi connectivity index (χ1v) is 7.16. The summed E-state index contributed by atoms with van der Waals surface area (Å²) in [6.45, 7) is -2.64. The monoisotopic (exact) mass is 293 g/mol. The zero-order chi connectivity index (χ0) is 19.9. The van der Waals surface area contributed by atoms with Crippen LogP contribution in [0.2, 0.25) is 0 Å². The van der Waals surface area contributed by atoms with Gasteiger partial charge in [0, 0.05) is 13.3 Å². The van der Waals surface area contributed by atoms with Crippen molar-refractivity contribution in [2.75, 3.05) is 0 Å². The molecule has 0 aromatic rings. The molecule has 0 aromatic heterocycles. The quantitative estimate of drug-likeness (QED) is 0.475. The van der Waals surface area contributed by atoms with E-state index in [2.05, 4.69) is 0 Å². The fourth-order valence-corrected chi connectivity index (χ4v) is 1.44. The molecule has 0 aromatic carbocycles. The maximum atomic E-state index is 10.3. The molecule has 1 N–H and O–H groups in total. The first kappa shape index (κ1) is 11.8. The Morgan fingerprint density at radius 3 is 1.71 bits per heavy atom. The van der Waals surface area contributed by atoms with Crippen molar-refractivity contribution < 1.29 is 16.8 Å². The summed E-state index contributed by atoms with van der Waals surface area (Å²) < 4.78 is 36.1. The number of hydrogen-bond acceptors (Lipinski definition) is 1. The second-order valence-electron chi connectivity index (χ2n) is 4.31. The predicted octanol–water partition coefficient (Wildman–Crippen LogP) is 5.60. The third kappa shape index (κ3) is 18.2. The van der Waals surface area contributed by atoms with Crippen molar-refractivity contribution in [3.63, 3.8) is 0 Å². The Morgan fingerprint density at radius 2 is 1.29 bits per heavy atom. The smallest absolute Gasteiger partial charge is 0.303 e. The van der Waals surface area contributed by atoms with Crippen molar-refractivity contribution in [2.24, 2.45) is 0 Å². The van der Waals surface area contributed by atoms with Gasteiger partial charge in [-0.2, -0.15) is 0 Å². The highest BCUT2D eigenvalue weighted by Gasteiger charge is 1.90. The van der Waals surface area contributed by atoms with E-state index >= 15 is 0 Å². The van der Waals surface area contributed by atoms with Crippen molar-refractivity contribution in [1.29, 1.82) is 0 Å². The van der Waals surface area contributed by atoms with Crippen LogP contribution in [0.15, 0.2) is 60.8 Å². The van der Waals surface area contributed by atoms with Crippen LogP contribution in [0.25, 0.3) is 0 Å². The molecule has 0 aliphatic rings.